The topological polar surface area (TPSA) is 52.6 Å². The minimum atomic E-state index is -5.00. The van der Waals surface area contributed by atoms with Gasteiger partial charge in [0.1, 0.15) is 11.2 Å². The molecule has 0 aromatic rings. The summed E-state index contributed by atoms with van der Waals surface area (Å²) in [5.74, 6) is -2.13. The number of halogens is 3. The third-order valence-corrected chi connectivity index (χ3v) is 6.47. The summed E-state index contributed by atoms with van der Waals surface area (Å²) in [6.07, 6.45) is -2.45. The quantitative estimate of drug-likeness (QED) is 0.590. The van der Waals surface area contributed by atoms with E-state index in [-0.39, 0.29) is 23.3 Å². The summed E-state index contributed by atoms with van der Waals surface area (Å²) in [4.78, 5) is 23.3. The Bertz CT molecular complexity index is 642. The van der Waals surface area contributed by atoms with E-state index in [4.69, 9.17) is 9.47 Å². The average molecular weight is 330 g/mol. The minimum absolute atomic E-state index is 0.174. The summed E-state index contributed by atoms with van der Waals surface area (Å²) >= 11 is 0. The van der Waals surface area contributed by atoms with Crippen molar-refractivity contribution in [3.05, 3.63) is 12.2 Å². The van der Waals surface area contributed by atoms with Gasteiger partial charge in [0.25, 0.3) is 0 Å². The summed E-state index contributed by atoms with van der Waals surface area (Å²) in [5, 5.41) is 0. The number of carbonyl (C=O) groups is 2. The number of fused-ring (bicyclic) bond motifs is 1. The molecule has 4 saturated carbocycles. The van der Waals surface area contributed by atoms with Gasteiger partial charge in [-0.25, -0.2) is 9.59 Å². The van der Waals surface area contributed by atoms with Gasteiger partial charge in [0.05, 0.1) is 0 Å². The molecule has 4 rings (SSSR count). The molecule has 5 unspecified atom stereocenters. The monoisotopic (exact) mass is 330 g/mol. The maximum absolute atomic E-state index is 12.6. The lowest BCUT2D eigenvalue weighted by atomic mass is 9.36. The van der Waals surface area contributed by atoms with Gasteiger partial charge in [-0.1, -0.05) is 6.58 Å². The maximum Gasteiger partial charge on any atom is 0.490 e. The Morgan fingerprint density at radius 3 is 2.35 bits per heavy atom. The van der Waals surface area contributed by atoms with E-state index < -0.39 is 29.3 Å². The van der Waals surface area contributed by atoms with E-state index in [2.05, 4.69) is 6.58 Å². The highest BCUT2D eigenvalue weighted by atomic mass is 19.4. The molecular formula is C16H17F3O4. The Morgan fingerprint density at radius 2 is 1.78 bits per heavy atom. The lowest BCUT2D eigenvalue weighted by Gasteiger charge is -2.71. The van der Waals surface area contributed by atoms with Crippen LogP contribution < -0.4 is 0 Å². The molecule has 23 heavy (non-hydrogen) atoms. The summed E-state index contributed by atoms with van der Waals surface area (Å²) < 4.78 is 48.3. The number of hydrogen-bond donors (Lipinski definition) is 0. The molecule has 0 amide bonds. The Kier molecular flexibility index (Phi) is 2.56. The predicted molar refractivity (Wildman–Crippen MR) is 71.0 cm³/mol. The first kappa shape index (κ1) is 15.0. The van der Waals surface area contributed by atoms with Gasteiger partial charge in [-0.05, 0) is 44.4 Å². The highest BCUT2D eigenvalue weighted by Gasteiger charge is 2.87. The van der Waals surface area contributed by atoms with Gasteiger partial charge < -0.3 is 9.47 Å². The van der Waals surface area contributed by atoms with Crippen LogP contribution in [0.1, 0.15) is 39.0 Å². The van der Waals surface area contributed by atoms with Crippen LogP contribution in [0.15, 0.2) is 12.2 Å². The van der Waals surface area contributed by atoms with Crippen LogP contribution in [0.4, 0.5) is 13.2 Å². The molecule has 0 heterocycles. The summed E-state index contributed by atoms with van der Waals surface area (Å²) in [6.45, 7) is 5.10. The van der Waals surface area contributed by atoms with Crippen molar-refractivity contribution in [2.75, 3.05) is 0 Å². The van der Waals surface area contributed by atoms with Crippen molar-refractivity contribution >= 4 is 11.9 Å². The molecule has 7 heteroatoms. The molecule has 0 aromatic heterocycles. The lowest BCUT2D eigenvalue weighted by molar-refractivity contribution is -0.295. The second-order valence-corrected chi connectivity index (χ2v) is 7.67. The van der Waals surface area contributed by atoms with Crippen LogP contribution in [0.5, 0.6) is 0 Å². The van der Waals surface area contributed by atoms with Gasteiger partial charge in [-0.15, -0.1) is 0 Å². The minimum Gasteiger partial charge on any atom is -0.455 e. The molecule has 0 radical (unpaired) electrons. The van der Waals surface area contributed by atoms with E-state index in [1.807, 2.05) is 0 Å². The summed E-state index contributed by atoms with van der Waals surface area (Å²) in [7, 11) is 0. The largest absolute Gasteiger partial charge is 0.490 e. The number of alkyl halides is 3. The number of carbonyl (C=O) groups excluding carboxylic acids is 2. The Balaban J connectivity index is 1.61. The molecule has 4 nitrogen and oxygen atoms in total. The number of esters is 2. The smallest absolute Gasteiger partial charge is 0.455 e. The molecular weight excluding hydrogens is 313 g/mol. The van der Waals surface area contributed by atoms with E-state index in [1.54, 1.807) is 0 Å². The number of rotatable bonds is 3. The van der Waals surface area contributed by atoms with Crippen LogP contribution in [0.25, 0.3) is 0 Å². The fourth-order valence-electron chi connectivity index (χ4n) is 5.87. The molecule has 0 aromatic carbocycles. The first-order chi connectivity index (χ1) is 10.5. The van der Waals surface area contributed by atoms with E-state index in [1.165, 1.54) is 6.92 Å². The van der Waals surface area contributed by atoms with E-state index >= 15 is 0 Å². The molecule has 2 bridgehead atoms. The van der Waals surface area contributed by atoms with Crippen LogP contribution in [0.2, 0.25) is 0 Å². The molecule has 126 valence electrons. The molecule has 4 fully saturated rings. The van der Waals surface area contributed by atoms with E-state index in [0.717, 1.165) is 6.42 Å². The Hall–Kier alpha value is -1.53. The normalized spacial score (nSPS) is 45.6. The fourth-order valence-corrected chi connectivity index (χ4v) is 5.87. The third-order valence-electron chi connectivity index (χ3n) is 6.47. The molecule has 4 aliphatic carbocycles. The zero-order valence-corrected chi connectivity index (χ0v) is 12.7. The summed E-state index contributed by atoms with van der Waals surface area (Å²) in [6, 6.07) is 0. The zero-order valence-electron chi connectivity index (χ0n) is 12.7. The van der Waals surface area contributed by atoms with Crippen molar-refractivity contribution in [3.8, 4) is 0 Å². The molecule has 0 aliphatic heterocycles. The first-order valence-corrected chi connectivity index (χ1v) is 7.73. The Morgan fingerprint density at radius 1 is 1.13 bits per heavy atom. The van der Waals surface area contributed by atoms with Gasteiger partial charge in [-0.3, -0.25) is 0 Å². The van der Waals surface area contributed by atoms with Crippen molar-refractivity contribution in [2.45, 2.75) is 56.4 Å². The van der Waals surface area contributed by atoms with Gasteiger partial charge in [-0.2, -0.15) is 13.2 Å². The highest BCUT2D eigenvalue weighted by molar-refractivity contribution is 5.87. The molecule has 0 saturated heterocycles. The second kappa shape index (κ2) is 3.92. The van der Waals surface area contributed by atoms with Gasteiger partial charge in [0.2, 0.25) is 0 Å². The van der Waals surface area contributed by atoms with Gasteiger partial charge in [0, 0.05) is 17.4 Å². The standard InChI is InChI=1S/C16H17F3O4/c1-8(2)11(20)22-14-5-10-3-9-4-13(6-14,7-15(9,10)14)23-12(21)16(17,18)19/h9-10H,1,3-7H2,2H3. The molecule has 5 atom stereocenters. The van der Waals surface area contributed by atoms with Crippen molar-refractivity contribution in [2.24, 2.45) is 17.3 Å². The Labute approximate surface area is 131 Å². The van der Waals surface area contributed by atoms with E-state index in [9.17, 15) is 22.8 Å². The molecule has 1 spiro atoms. The van der Waals surface area contributed by atoms with Crippen molar-refractivity contribution < 1.29 is 32.2 Å². The van der Waals surface area contributed by atoms with Crippen molar-refractivity contribution in [1.29, 1.82) is 0 Å². The molecule has 0 N–H and O–H groups in total. The van der Waals surface area contributed by atoms with Crippen LogP contribution in [0, 0.1) is 17.3 Å². The number of hydrogen-bond acceptors (Lipinski definition) is 4. The number of ether oxygens (including phenoxy) is 2. The zero-order chi connectivity index (χ0) is 16.8. The van der Waals surface area contributed by atoms with Gasteiger partial charge >= 0.3 is 18.1 Å². The van der Waals surface area contributed by atoms with Crippen LogP contribution in [-0.4, -0.2) is 29.3 Å². The predicted octanol–water partition coefficient (Wildman–Crippen LogP) is 2.91. The van der Waals surface area contributed by atoms with Crippen LogP contribution >= 0.6 is 0 Å². The van der Waals surface area contributed by atoms with Gasteiger partial charge in [0.15, 0.2) is 0 Å². The van der Waals surface area contributed by atoms with E-state index in [0.29, 0.717) is 25.2 Å². The molecule has 4 aliphatic rings. The van der Waals surface area contributed by atoms with Crippen LogP contribution in [-0.2, 0) is 19.1 Å². The highest BCUT2D eigenvalue weighted by Crippen LogP contribution is 2.85. The average Bonchev–Trinajstić information content (AvgIpc) is 2.81. The first-order valence-electron chi connectivity index (χ1n) is 7.73. The fraction of sp³-hybridized carbons (Fsp3) is 0.750. The SMILES string of the molecule is C=C(C)C(=O)OC12CC3CC4CC(OC(=O)C(F)(F)F)(C1)CC432. The summed E-state index contributed by atoms with van der Waals surface area (Å²) in [5.41, 5.74) is -1.94. The second-order valence-electron chi connectivity index (χ2n) is 7.67. The lowest BCUT2D eigenvalue weighted by Crippen LogP contribution is -2.72. The maximum atomic E-state index is 12.6. The van der Waals surface area contributed by atoms with Crippen molar-refractivity contribution in [3.63, 3.8) is 0 Å². The van der Waals surface area contributed by atoms with Crippen molar-refractivity contribution in [1.82, 2.24) is 0 Å². The van der Waals surface area contributed by atoms with Crippen LogP contribution in [0.3, 0.4) is 0 Å². The third kappa shape index (κ3) is 1.63.